The number of carbonyl (C=O) groups excluding carboxylic acids is 2. The van der Waals surface area contributed by atoms with Gasteiger partial charge in [-0.2, -0.15) is 0 Å². The molecular formula is C25H22N2O4. The molecule has 2 heterocycles. The third-order valence-corrected chi connectivity index (χ3v) is 5.82. The Morgan fingerprint density at radius 3 is 2.32 bits per heavy atom. The van der Waals surface area contributed by atoms with E-state index in [1.165, 1.54) is 4.90 Å². The Balaban J connectivity index is 1.60. The van der Waals surface area contributed by atoms with Crippen LogP contribution >= 0.6 is 0 Å². The second-order valence-electron chi connectivity index (χ2n) is 7.79. The summed E-state index contributed by atoms with van der Waals surface area (Å²) in [6.07, 6.45) is -0.885. The van der Waals surface area contributed by atoms with Crippen LogP contribution in [0.2, 0.25) is 0 Å². The van der Waals surface area contributed by atoms with E-state index in [1.807, 2.05) is 79.7 Å². The van der Waals surface area contributed by atoms with Crippen LogP contribution in [0.15, 0.2) is 78.9 Å². The Bertz CT molecular complexity index is 1150. The van der Waals surface area contributed by atoms with E-state index in [1.54, 1.807) is 18.2 Å². The maximum Gasteiger partial charge on any atom is 0.266 e. The van der Waals surface area contributed by atoms with E-state index in [0.29, 0.717) is 11.4 Å². The molecule has 2 fully saturated rings. The van der Waals surface area contributed by atoms with Crippen molar-refractivity contribution < 1.29 is 19.2 Å². The molecule has 0 spiro atoms. The van der Waals surface area contributed by atoms with Crippen molar-refractivity contribution in [2.45, 2.75) is 19.1 Å². The van der Waals surface area contributed by atoms with Crippen molar-refractivity contribution in [2.75, 3.05) is 17.1 Å². The van der Waals surface area contributed by atoms with Gasteiger partial charge in [0.05, 0.1) is 24.5 Å². The first kappa shape index (κ1) is 19.3. The molecule has 2 aliphatic heterocycles. The highest BCUT2D eigenvalue weighted by atomic mass is 16.7. The van der Waals surface area contributed by atoms with E-state index >= 15 is 0 Å². The minimum atomic E-state index is -0.885. The van der Waals surface area contributed by atoms with Gasteiger partial charge in [0.25, 0.3) is 5.91 Å². The zero-order valence-corrected chi connectivity index (χ0v) is 17.3. The van der Waals surface area contributed by atoms with Crippen LogP contribution < -0.4 is 14.7 Å². The van der Waals surface area contributed by atoms with Crippen LogP contribution in [0.25, 0.3) is 0 Å². The van der Waals surface area contributed by atoms with Gasteiger partial charge in [0, 0.05) is 0 Å². The van der Waals surface area contributed by atoms with Crippen molar-refractivity contribution in [3.8, 4) is 5.75 Å². The summed E-state index contributed by atoms with van der Waals surface area (Å²) in [5, 5.41) is 1.69. The fourth-order valence-electron chi connectivity index (χ4n) is 4.40. The number of para-hydroxylation sites is 1. The molecule has 0 N–H and O–H groups in total. The number of aryl methyl sites for hydroxylation is 1. The summed E-state index contributed by atoms with van der Waals surface area (Å²) in [5.41, 5.74) is 3.19. The van der Waals surface area contributed by atoms with Gasteiger partial charge >= 0.3 is 0 Å². The molecule has 31 heavy (non-hydrogen) atoms. The van der Waals surface area contributed by atoms with Crippen LogP contribution in [-0.2, 0) is 14.4 Å². The second kappa shape index (κ2) is 7.56. The third-order valence-electron chi connectivity index (χ3n) is 5.82. The number of fused-ring (bicyclic) bond motifs is 1. The fraction of sp³-hybridized carbons (Fsp3) is 0.200. The molecule has 3 aromatic carbocycles. The van der Waals surface area contributed by atoms with Gasteiger partial charge in [0.15, 0.2) is 6.10 Å². The van der Waals surface area contributed by atoms with Gasteiger partial charge in [-0.25, -0.2) is 9.96 Å². The number of anilines is 2. The third kappa shape index (κ3) is 3.16. The number of nitrogens with zero attached hydrogens (tertiary/aromatic N) is 2. The lowest BCUT2D eigenvalue weighted by Gasteiger charge is -2.29. The van der Waals surface area contributed by atoms with Crippen LogP contribution in [0.1, 0.15) is 17.2 Å². The van der Waals surface area contributed by atoms with Crippen LogP contribution in [0, 0.1) is 12.8 Å². The fourth-order valence-corrected chi connectivity index (χ4v) is 4.40. The molecule has 156 valence electrons. The summed E-state index contributed by atoms with van der Waals surface area (Å²) < 4.78 is 5.40. The standard InChI is InChI=1S/C25H22N2O4/c1-16-8-6-12-19(14-16)26-24(28)21-22(17-9-7-13-20(15-17)30-2)27(31-23(21)25(26)29)18-10-4-3-5-11-18/h3-15,21-23H,1-2H3/t21-,22-,23-/m1/s1. The topological polar surface area (TPSA) is 59.1 Å². The molecule has 0 radical (unpaired) electrons. The Hall–Kier alpha value is -3.64. The SMILES string of the molecule is COc1cccc([C@@H]2[C@H]3C(=O)N(c4cccc(C)c4)C(=O)[C@@H]3ON2c2ccccc2)c1. The lowest BCUT2D eigenvalue weighted by Crippen LogP contribution is -2.37. The Morgan fingerprint density at radius 1 is 0.839 bits per heavy atom. The minimum Gasteiger partial charge on any atom is -0.497 e. The zero-order valence-electron chi connectivity index (χ0n) is 17.3. The van der Waals surface area contributed by atoms with Crippen molar-refractivity contribution in [1.29, 1.82) is 0 Å². The zero-order chi connectivity index (χ0) is 21.5. The lowest BCUT2D eigenvalue weighted by molar-refractivity contribution is -0.126. The smallest absolute Gasteiger partial charge is 0.266 e. The predicted molar refractivity (Wildman–Crippen MR) is 117 cm³/mol. The van der Waals surface area contributed by atoms with Crippen molar-refractivity contribution in [3.05, 3.63) is 90.0 Å². The first-order valence-electron chi connectivity index (χ1n) is 10.2. The van der Waals surface area contributed by atoms with E-state index in [2.05, 4.69) is 0 Å². The number of hydroxylamine groups is 1. The van der Waals surface area contributed by atoms with E-state index in [0.717, 1.165) is 16.8 Å². The van der Waals surface area contributed by atoms with Gasteiger partial charge < -0.3 is 4.74 Å². The molecule has 0 unspecified atom stereocenters. The normalized spacial score (nSPS) is 22.7. The van der Waals surface area contributed by atoms with Crippen molar-refractivity contribution in [1.82, 2.24) is 0 Å². The minimum absolute atomic E-state index is 0.258. The Kier molecular flexibility index (Phi) is 4.71. The molecule has 2 saturated heterocycles. The number of benzene rings is 3. The average molecular weight is 414 g/mol. The van der Waals surface area contributed by atoms with Crippen LogP contribution in [-0.4, -0.2) is 25.0 Å². The highest BCUT2D eigenvalue weighted by Crippen LogP contribution is 2.47. The molecule has 0 aromatic heterocycles. The molecular weight excluding hydrogens is 392 g/mol. The molecule has 6 heteroatoms. The number of ether oxygens (including phenoxy) is 1. The Labute approximate surface area is 180 Å². The molecule has 0 aliphatic carbocycles. The van der Waals surface area contributed by atoms with Crippen LogP contribution in [0.3, 0.4) is 0 Å². The van der Waals surface area contributed by atoms with Gasteiger partial charge in [0.2, 0.25) is 5.91 Å². The summed E-state index contributed by atoms with van der Waals surface area (Å²) in [5.74, 6) is -0.583. The van der Waals surface area contributed by atoms with Gasteiger partial charge in [-0.3, -0.25) is 14.4 Å². The molecule has 0 saturated carbocycles. The van der Waals surface area contributed by atoms with Gasteiger partial charge in [-0.1, -0.05) is 42.5 Å². The number of imide groups is 1. The number of amides is 2. The molecule has 2 amide bonds. The van der Waals surface area contributed by atoms with Gasteiger partial charge in [-0.15, -0.1) is 0 Å². The van der Waals surface area contributed by atoms with Gasteiger partial charge in [-0.05, 0) is 54.4 Å². The van der Waals surface area contributed by atoms with Crippen LogP contribution in [0.5, 0.6) is 5.75 Å². The van der Waals surface area contributed by atoms with E-state index < -0.39 is 18.1 Å². The summed E-state index contributed by atoms with van der Waals surface area (Å²) in [7, 11) is 1.60. The highest BCUT2D eigenvalue weighted by molar-refractivity contribution is 6.23. The first-order chi connectivity index (χ1) is 15.1. The first-order valence-corrected chi connectivity index (χ1v) is 10.2. The van der Waals surface area contributed by atoms with Crippen molar-refractivity contribution in [3.63, 3.8) is 0 Å². The summed E-state index contributed by atoms with van der Waals surface area (Å²) in [4.78, 5) is 34.3. The molecule has 2 aliphatic rings. The summed E-state index contributed by atoms with van der Waals surface area (Å²) >= 11 is 0. The average Bonchev–Trinajstić information content (AvgIpc) is 3.30. The van der Waals surface area contributed by atoms with Crippen molar-refractivity contribution in [2.24, 2.45) is 5.92 Å². The van der Waals surface area contributed by atoms with E-state index in [-0.39, 0.29) is 11.8 Å². The summed E-state index contributed by atoms with van der Waals surface area (Å²) in [6, 6.07) is 24.0. The number of hydrogen-bond acceptors (Lipinski definition) is 5. The lowest BCUT2D eigenvalue weighted by atomic mass is 9.90. The molecule has 0 bridgehead atoms. The van der Waals surface area contributed by atoms with E-state index in [9.17, 15) is 9.59 Å². The molecule has 3 atom stereocenters. The summed E-state index contributed by atoms with van der Waals surface area (Å²) in [6.45, 7) is 1.93. The second-order valence-corrected chi connectivity index (χ2v) is 7.79. The number of hydrogen-bond donors (Lipinski definition) is 0. The quantitative estimate of drug-likeness (QED) is 0.603. The number of methoxy groups -OCH3 is 1. The predicted octanol–water partition coefficient (Wildman–Crippen LogP) is 4.05. The number of rotatable bonds is 4. The Morgan fingerprint density at radius 2 is 1.58 bits per heavy atom. The number of carbonyl (C=O) groups is 2. The molecule has 3 aromatic rings. The van der Waals surface area contributed by atoms with Crippen molar-refractivity contribution >= 4 is 23.2 Å². The largest absolute Gasteiger partial charge is 0.497 e. The van der Waals surface area contributed by atoms with Crippen LogP contribution in [0.4, 0.5) is 11.4 Å². The molecule has 6 nitrogen and oxygen atoms in total. The monoisotopic (exact) mass is 414 g/mol. The maximum absolute atomic E-state index is 13.6. The maximum atomic E-state index is 13.6. The highest BCUT2D eigenvalue weighted by Gasteiger charge is 2.60. The van der Waals surface area contributed by atoms with Gasteiger partial charge in [0.1, 0.15) is 11.7 Å². The molecule has 5 rings (SSSR count). The van der Waals surface area contributed by atoms with E-state index in [4.69, 9.17) is 9.57 Å².